The molecule has 1 aromatic rings. The van der Waals surface area contributed by atoms with E-state index in [9.17, 15) is 18.0 Å². The molecule has 3 nitrogen and oxygen atoms in total. The van der Waals surface area contributed by atoms with E-state index in [1.165, 1.54) is 24.9 Å². The van der Waals surface area contributed by atoms with Crippen molar-refractivity contribution in [2.75, 3.05) is 7.11 Å². The van der Waals surface area contributed by atoms with Gasteiger partial charge in [-0.25, -0.2) is 4.98 Å². The SMILES string of the molecule is COC(=O)C(C)C(C)Sc1ccc(C(F)(F)F)cn1. The summed E-state index contributed by atoms with van der Waals surface area (Å²) in [6.07, 6.45) is -3.60. The second-order valence-electron chi connectivity index (χ2n) is 4.02. The van der Waals surface area contributed by atoms with Crippen LogP contribution in [-0.2, 0) is 15.7 Å². The lowest BCUT2D eigenvalue weighted by atomic mass is 10.1. The zero-order valence-electron chi connectivity index (χ0n) is 10.7. The van der Waals surface area contributed by atoms with Crippen molar-refractivity contribution in [3.63, 3.8) is 0 Å². The van der Waals surface area contributed by atoms with Gasteiger partial charge in [-0.05, 0) is 12.1 Å². The minimum atomic E-state index is -4.39. The first kappa shape index (κ1) is 15.8. The third-order valence-electron chi connectivity index (χ3n) is 2.65. The molecule has 2 unspecified atom stereocenters. The molecule has 19 heavy (non-hydrogen) atoms. The number of methoxy groups -OCH3 is 1. The first-order valence-corrected chi connectivity index (χ1v) is 6.41. The highest BCUT2D eigenvalue weighted by Gasteiger charge is 2.31. The van der Waals surface area contributed by atoms with E-state index in [1.807, 2.05) is 0 Å². The summed E-state index contributed by atoms with van der Waals surface area (Å²) in [6, 6.07) is 2.28. The Balaban J connectivity index is 2.70. The Kier molecular flexibility index (Phi) is 5.22. The van der Waals surface area contributed by atoms with Gasteiger partial charge < -0.3 is 4.74 Å². The van der Waals surface area contributed by atoms with Crippen LogP contribution in [0.2, 0.25) is 0 Å². The Morgan fingerprint density at radius 1 is 1.37 bits per heavy atom. The van der Waals surface area contributed by atoms with Crippen LogP contribution in [0.1, 0.15) is 19.4 Å². The number of nitrogens with zero attached hydrogens (tertiary/aromatic N) is 1. The summed E-state index contributed by atoms with van der Waals surface area (Å²) in [5.41, 5.74) is -0.787. The molecule has 0 aliphatic carbocycles. The summed E-state index contributed by atoms with van der Waals surface area (Å²) in [7, 11) is 1.30. The maximum atomic E-state index is 12.4. The number of thioether (sulfide) groups is 1. The van der Waals surface area contributed by atoms with Crippen LogP contribution in [0.4, 0.5) is 13.2 Å². The van der Waals surface area contributed by atoms with Gasteiger partial charge in [0.2, 0.25) is 0 Å². The second kappa shape index (κ2) is 6.27. The number of carbonyl (C=O) groups is 1. The zero-order chi connectivity index (χ0) is 14.6. The van der Waals surface area contributed by atoms with Gasteiger partial charge in [0.25, 0.3) is 0 Å². The number of hydrogen-bond donors (Lipinski definition) is 0. The number of rotatable bonds is 4. The summed E-state index contributed by atoms with van der Waals surface area (Å²) in [5, 5.41) is 0.299. The van der Waals surface area contributed by atoms with Crippen LogP contribution in [0.15, 0.2) is 23.4 Å². The molecule has 0 bridgehead atoms. The molecule has 106 valence electrons. The van der Waals surface area contributed by atoms with Gasteiger partial charge in [0.05, 0.1) is 23.6 Å². The highest BCUT2D eigenvalue weighted by molar-refractivity contribution is 7.99. The number of hydrogen-bond acceptors (Lipinski definition) is 4. The van der Waals surface area contributed by atoms with E-state index >= 15 is 0 Å². The highest BCUT2D eigenvalue weighted by Crippen LogP contribution is 2.31. The first-order chi connectivity index (χ1) is 8.75. The highest BCUT2D eigenvalue weighted by atomic mass is 32.2. The lowest BCUT2D eigenvalue weighted by molar-refractivity contribution is -0.144. The average Bonchev–Trinajstić information content (AvgIpc) is 2.36. The fourth-order valence-corrected chi connectivity index (χ4v) is 2.24. The van der Waals surface area contributed by atoms with Crippen molar-refractivity contribution < 1.29 is 22.7 Å². The summed E-state index contributed by atoms with van der Waals surface area (Å²) >= 11 is 1.24. The average molecular weight is 293 g/mol. The van der Waals surface area contributed by atoms with Crippen molar-refractivity contribution in [3.05, 3.63) is 23.9 Å². The van der Waals surface area contributed by atoms with Gasteiger partial charge in [0.15, 0.2) is 0 Å². The van der Waals surface area contributed by atoms with Gasteiger partial charge >= 0.3 is 12.1 Å². The van der Waals surface area contributed by atoms with Gasteiger partial charge in [-0.15, -0.1) is 11.8 Å². The summed E-state index contributed by atoms with van der Waals surface area (Å²) < 4.78 is 41.7. The molecule has 0 aliphatic rings. The van der Waals surface area contributed by atoms with E-state index < -0.39 is 11.7 Å². The van der Waals surface area contributed by atoms with Gasteiger partial charge in [-0.3, -0.25) is 4.79 Å². The Morgan fingerprint density at radius 3 is 2.42 bits per heavy atom. The molecule has 0 spiro atoms. The third-order valence-corrected chi connectivity index (χ3v) is 3.91. The van der Waals surface area contributed by atoms with Crippen LogP contribution in [0.5, 0.6) is 0 Å². The third kappa shape index (κ3) is 4.41. The molecule has 0 fully saturated rings. The number of aromatic nitrogens is 1. The van der Waals surface area contributed by atoms with Crippen molar-refractivity contribution in [3.8, 4) is 0 Å². The molecule has 0 radical (unpaired) electrons. The zero-order valence-corrected chi connectivity index (χ0v) is 11.5. The first-order valence-electron chi connectivity index (χ1n) is 5.53. The summed E-state index contributed by atoms with van der Waals surface area (Å²) in [4.78, 5) is 15.1. The van der Waals surface area contributed by atoms with Gasteiger partial charge in [0.1, 0.15) is 0 Å². The largest absolute Gasteiger partial charge is 0.469 e. The van der Waals surface area contributed by atoms with E-state index in [4.69, 9.17) is 0 Å². The van der Waals surface area contributed by atoms with Crippen molar-refractivity contribution in [2.45, 2.75) is 30.3 Å². The number of alkyl halides is 3. The van der Waals surface area contributed by atoms with Crippen molar-refractivity contribution >= 4 is 17.7 Å². The predicted octanol–water partition coefficient (Wildman–Crippen LogP) is 3.39. The van der Waals surface area contributed by atoms with E-state index in [2.05, 4.69) is 9.72 Å². The fourth-order valence-electron chi connectivity index (χ4n) is 1.29. The molecule has 0 amide bonds. The number of carbonyl (C=O) groups excluding carboxylic acids is 1. The lowest BCUT2D eigenvalue weighted by Crippen LogP contribution is -2.22. The Hall–Kier alpha value is -1.24. The standard InChI is InChI=1S/C12H14F3NO2S/c1-7(11(17)18-3)8(2)19-10-5-4-9(6-16-10)12(13,14)15/h4-8H,1-3H3. The number of esters is 1. The van der Waals surface area contributed by atoms with Crippen molar-refractivity contribution in [1.29, 1.82) is 0 Å². The minimum absolute atomic E-state index is 0.142. The Bertz CT molecular complexity index is 434. The molecule has 1 heterocycles. The molecule has 0 N–H and O–H groups in total. The Labute approximate surface area is 113 Å². The molecule has 0 saturated carbocycles. The normalized spacial score (nSPS) is 14.8. The van der Waals surface area contributed by atoms with Gasteiger partial charge in [-0.2, -0.15) is 13.2 Å². The van der Waals surface area contributed by atoms with E-state index in [0.29, 0.717) is 5.03 Å². The van der Waals surface area contributed by atoms with Gasteiger partial charge in [0, 0.05) is 11.4 Å². The quantitative estimate of drug-likeness (QED) is 0.630. The van der Waals surface area contributed by atoms with E-state index in [0.717, 1.165) is 12.3 Å². The molecule has 1 rings (SSSR count). The minimum Gasteiger partial charge on any atom is -0.469 e. The molecule has 1 aromatic heterocycles. The molecular formula is C12H14F3NO2S. The molecule has 7 heteroatoms. The van der Waals surface area contributed by atoms with Crippen molar-refractivity contribution in [2.24, 2.45) is 5.92 Å². The molecule has 0 aliphatic heterocycles. The molecule has 2 atom stereocenters. The van der Waals surface area contributed by atoms with Crippen LogP contribution in [0.3, 0.4) is 0 Å². The monoisotopic (exact) mass is 293 g/mol. The fraction of sp³-hybridized carbons (Fsp3) is 0.500. The molecule has 0 saturated heterocycles. The predicted molar refractivity (Wildman–Crippen MR) is 65.7 cm³/mol. The van der Waals surface area contributed by atoms with E-state index in [-0.39, 0.29) is 17.1 Å². The Morgan fingerprint density at radius 2 is 2.00 bits per heavy atom. The maximum absolute atomic E-state index is 12.4. The second-order valence-corrected chi connectivity index (χ2v) is 5.42. The maximum Gasteiger partial charge on any atom is 0.417 e. The van der Waals surface area contributed by atoms with Crippen LogP contribution in [0, 0.1) is 5.92 Å². The summed E-state index contributed by atoms with van der Waals surface area (Å²) in [5.74, 6) is -0.717. The van der Waals surface area contributed by atoms with Crippen LogP contribution < -0.4 is 0 Å². The summed E-state index contributed by atoms with van der Waals surface area (Å²) in [6.45, 7) is 3.50. The lowest BCUT2D eigenvalue weighted by Gasteiger charge is -2.16. The van der Waals surface area contributed by atoms with Gasteiger partial charge in [-0.1, -0.05) is 13.8 Å². The number of pyridine rings is 1. The topological polar surface area (TPSA) is 39.2 Å². The number of ether oxygens (including phenoxy) is 1. The number of halogens is 3. The van der Waals surface area contributed by atoms with Crippen molar-refractivity contribution in [1.82, 2.24) is 4.98 Å². The van der Waals surface area contributed by atoms with E-state index in [1.54, 1.807) is 13.8 Å². The van der Waals surface area contributed by atoms with Crippen LogP contribution >= 0.6 is 11.8 Å². The van der Waals surface area contributed by atoms with Crippen LogP contribution in [-0.4, -0.2) is 23.3 Å². The van der Waals surface area contributed by atoms with Crippen LogP contribution in [0.25, 0.3) is 0 Å². The molecular weight excluding hydrogens is 279 g/mol. The molecule has 0 aromatic carbocycles. The smallest absolute Gasteiger partial charge is 0.417 e.